The van der Waals surface area contributed by atoms with Crippen LogP contribution in [0, 0.1) is 0 Å². The molecule has 0 amide bonds. The highest BCUT2D eigenvalue weighted by Gasteiger charge is 2.20. The zero-order chi connectivity index (χ0) is 22.7. The van der Waals surface area contributed by atoms with Gasteiger partial charge in [0.2, 0.25) is 0 Å². The Hall–Kier alpha value is -0.170. The van der Waals surface area contributed by atoms with E-state index < -0.39 is 9.84 Å². The molecule has 1 atom stereocenters. The first-order chi connectivity index (χ1) is 14.2. The van der Waals surface area contributed by atoms with Gasteiger partial charge in [-0.3, -0.25) is 0 Å². The average Bonchev–Trinajstić information content (AvgIpc) is 2.66. The van der Waals surface area contributed by atoms with E-state index in [-0.39, 0.29) is 17.6 Å². The molecule has 182 valence electrons. The van der Waals surface area contributed by atoms with Crippen LogP contribution in [0.5, 0.6) is 0 Å². The normalized spacial score (nSPS) is 13.6. The lowest BCUT2D eigenvalue weighted by molar-refractivity contribution is -0.870. The van der Waals surface area contributed by atoms with Gasteiger partial charge in [-0.25, -0.2) is 8.42 Å². The molecule has 5 nitrogen and oxygen atoms in total. The summed E-state index contributed by atoms with van der Waals surface area (Å²) >= 11 is 0. The van der Waals surface area contributed by atoms with Crippen molar-refractivity contribution in [3.05, 3.63) is 0 Å². The summed E-state index contributed by atoms with van der Waals surface area (Å²) in [7, 11) is 4.70. The van der Waals surface area contributed by atoms with E-state index in [0.717, 1.165) is 17.4 Å². The first kappa shape index (κ1) is 29.8. The summed E-state index contributed by atoms with van der Waals surface area (Å²) < 4.78 is 36.4. The van der Waals surface area contributed by atoms with Crippen molar-refractivity contribution in [2.24, 2.45) is 0 Å². The van der Waals surface area contributed by atoms with E-state index in [9.17, 15) is 8.42 Å². The zero-order valence-electron chi connectivity index (χ0n) is 20.8. The SMILES string of the molecule is CCCCCCCCCCCCCCOCC(CS(=O)(=O)CCC[N+](C)(C)C)OC. The van der Waals surface area contributed by atoms with Crippen molar-refractivity contribution in [3.63, 3.8) is 0 Å². The predicted octanol–water partition coefficient (Wildman–Crippen LogP) is 5.23. The Kier molecular flexibility index (Phi) is 18.3. The number of sulfone groups is 1. The van der Waals surface area contributed by atoms with Gasteiger partial charge in [0.15, 0.2) is 9.84 Å². The van der Waals surface area contributed by atoms with Crippen molar-refractivity contribution in [2.45, 2.75) is 96.5 Å². The van der Waals surface area contributed by atoms with Gasteiger partial charge in [-0.1, -0.05) is 77.6 Å². The molecule has 0 aliphatic carbocycles. The van der Waals surface area contributed by atoms with E-state index >= 15 is 0 Å². The number of hydrogen-bond acceptors (Lipinski definition) is 4. The van der Waals surface area contributed by atoms with Crippen molar-refractivity contribution >= 4 is 9.84 Å². The van der Waals surface area contributed by atoms with Crippen molar-refractivity contribution in [1.29, 1.82) is 0 Å². The molecule has 6 heteroatoms. The second kappa shape index (κ2) is 18.4. The number of ether oxygens (including phenoxy) is 2. The molecular formula is C24H52NO4S+. The third-order valence-corrected chi connectivity index (χ3v) is 7.29. The number of unbranched alkanes of at least 4 members (excludes halogenated alkanes) is 11. The zero-order valence-corrected chi connectivity index (χ0v) is 21.6. The van der Waals surface area contributed by atoms with E-state index in [1.54, 1.807) is 7.11 Å². The van der Waals surface area contributed by atoms with Gasteiger partial charge in [0.25, 0.3) is 0 Å². The summed E-state index contributed by atoms with van der Waals surface area (Å²) in [6.07, 6.45) is 16.2. The summed E-state index contributed by atoms with van der Waals surface area (Å²) in [5.41, 5.74) is 0. The van der Waals surface area contributed by atoms with Gasteiger partial charge >= 0.3 is 0 Å². The Labute approximate surface area is 188 Å². The highest BCUT2D eigenvalue weighted by Crippen LogP contribution is 2.12. The number of nitrogens with zero attached hydrogens (tertiary/aromatic N) is 1. The van der Waals surface area contributed by atoms with Crippen LogP contribution in [0.2, 0.25) is 0 Å². The summed E-state index contributed by atoms with van der Waals surface area (Å²) in [5.74, 6) is 0.278. The maximum atomic E-state index is 12.3. The lowest BCUT2D eigenvalue weighted by atomic mass is 10.1. The topological polar surface area (TPSA) is 52.6 Å². The third kappa shape index (κ3) is 21.1. The minimum Gasteiger partial charge on any atom is -0.379 e. The number of hydrogen-bond donors (Lipinski definition) is 0. The second-order valence-electron chi connectivity index (χ2n) is 9.80. The van der Waals surface area contributed by atoms with Gasteiger partial charge < -0.3 is 14.0 Å². The van der Waals surface area contributed by atoms with Gasteiger partial charge in [0, 0.05) is 20.1 Å². The molecule has 0 radical (unpaired) electrons. The first-order valence-corrected chi connectivity index (χ1v) is 14.1. The molecule has 0 aliphatic heterocycles. The molecule has 0 aromatic carbocycles. The molecule has 0 heterocycles. The predicted molar refractivity (Wildman–Crippen MR) is 129 cm³/mol. The Balaban J connectivity index is 3.62. The molecule has 0 aromatic heterocycles. The van der Waals surface area contributed by atoms with Gasteiger partial charge in [-0.05, 0) is 6.42 Å². The van der Waals surface area contributed by atoms with Gasteiger partial charge in [0.05, 0.1) is 51.9 Å². The summed E-state index contributed by atoms with van der Waals surface area (Å²) in [5, 5.41) is 0. The number of methoxy groups -OCH3 is 1. The molecular weight excluding hydrogens is 398 g/mol. The monoisotopic (exact) mass is 450 g/mol. The summed E-state index contributed by atoms with van der Waals surface area (Å²) in [6, 6.07) is 0. The van der Waals surface area contributed by atoms with Crippen molar-refractivity contribution in [3.8, 4) is 0 Å². The molecule has 0 spiro atoms. The Morgan fingerprint density at radius 3 is 1.73 bits per heavy atom. The fraction of sp³-hybridized carbons (Fsp3) is 1.00. The third-order valence-electron chi connectivity index (χ3n) is 5.50. The van der Waals surface area contributed by atoms with Crippen LogP contribution in [0.15, 0.2) is 0 Å². The molecule has 0 N–H and O–H groups in total. The number of rotatable bonds is 22. The second-order valence-corrected chi connectivity index (χ2v) is 12.0. The lowest BCUT2D eigenvalue weighted by Gasteiger charge is -2.23. The van der Waals surface area contributed by atoms with Gasteiger partial charge in [-0.2, -0.15) is 0 Å². The van der Waals surface area contributed by atoms with Crippen LogP contribution in [-0.4, -0.2) is 78.5 Å². The highest BCUT2D eigenvalue weighted by atomic mass is 32.2. The maximum Gasteiger partial charge on any atom is 0.153 e. The molecule has 0 bridgehead atoms. The van der Waals surface area contributed by atoms with Crippen LogP contribution >= 0.6 is 0 Å². The lowest BCUT2D eigenvalue weighted by Crippen LogP contribution is -2.37. The van der Waals surface area contributed by atoms with E-state index in [1.165, 1.54) is 70.6 Å². The molecule has 0 fully saturated rings. The van der Waals surface area contributed by atoms with Crippen molar-refractivity contribution in [2.75, 3.05) is 59.5 Å². The van der Waals surface area contributed by atoms with Crippen LogP contribution in [0.1, 0.15) is 90.4 Å². The van der Waals surface area contributed by atoms with Gasteiger partial charge in [0.1, 0.15) is 0 Å². The average molecular weight is 451 g/mol. The van der Waals surface area contributed by atoms with Crippen LogP contribution in [0.25, 0.3) is 0 Å². The van der Waals surface area contributed by atoms with Crippen molar-refractivity contribution in [1.82, 2.24) is 0 Å². The molecule has 0 rings (SSSR count). The van der Waals surface area contributed by atoms with Crippen LogP contribution < -0.4 is 0 Å². The molecule has 0 aliphatic rings. The first-order valence-electron chi connectivity index (χ1n) is 12.3. The highest BCUT2D eigenvalue weighted by molar-refractivity contribution is 7.91. The quantitative estimate of drug-likeness (QED) is 0.167. The van der Waals surface area contributed by atoms with E-state index in [0.29, 0.717) is 19.6 Å². The fourth-order valence-corrected chi connectivity index (χ4v) is 5.10. The van der Waals surface area contributed by atoms with E-state index in [2.05, 4.69) is 28.1 Å². The maximum absolute atomic E-state index is 12.3. The van der Waals surface area contributed by atoms with Crippen LogP contribution in [-0.2, 0) is 19.3 Å². The Morgan fingerprint density at radius 2 is 1.27 bits per heavy atom. The smallest absolute Gasteiger partial charge is 0.153 e. The molecule has 0 saturated carbocycles. The largest absolute Gasteiger partial charge is 0.379 e. The van der Waals surface area contributed by atoms with Crippen molar-refractivity contribution < 1.29 is 22.4 Å². The Morgan fingerprint density at radius 1 is 0.767 bits per heavy atom. The number of quaternary nitrogens is 1. The molecule has 1 unspecified atom stereocenters. The Bertz CT molecular complexity index is 474. The minimum atomic E-state index is -3.10. The summed E-state index contributed by atoms with van der Waals surface area (Å²) in [6.45, 7) is 4.18. The minimum absolute atomic E-state index is 0.0547. The van der Waals surface area contributed by atoms with Crippen LogP contribution in [0.3, 0.4) is 0 Å². The fourth-order valence-electron chi connectivity index (χ4n) is 3.57. The molecule has 30 heavy (non-hydrogen) atoms. The summed E-state index contributed by atoms with van der Waals surface area (Å²) in [4.78, 5) is 0. The van der Waals surface area contributed by atoms with Crippen LogP contribution in [0.4, 0.5) is 0 Å². The molecule has 0 aromatic rings. The van der Waals surface area contributed by atoms with Gasteiger partial charge in [-0.15, -0.1) is 0 Å². The standard InChI is InChI=1S/C24H52NO4S/c1-6-7-8-9-10-11-12-13-14-15-16-17-20-29-22-24(28-5)23-30(26,27)21-18-19-25(2,3)4/h24H,6-23H2,1-5H3/q+1. The van der Waals surface area contributed by atoms with E-state index in [1.807, 2.05) is 0 Å². The van der Waals surface area contributed by atoms with E-state index in [4.69, 9.17) is 9.47 Å². The molecule has 0 saturated heterocycles.